The van der Waals surface area contributed by atoms with Crippen LogP contribution in [0, 0.1) is 5.92 Å². The van der Waals surface area contributed by atoms with E-state index in [4.69, 9.17) is 4.74 Å². The largest absolute Gasteiger partial charge is 0.372 e. The number of hydrogen-bond donors (Lipinski definition) is 0. The second-order valence-electron chi connectivity index (χ2n) is 10.6. The van der Waals surface area contributed by atoms with E-state index in [-0.39, 0.29) is 22.8 Å². The molecule has 2 atom stereocenters. The zero-order valence-electron chi connectivity index (χ0n) is 22.1. The molecule has 0 bridgehead atoms. The van der Waals surface area contributed by atoms with E-state index in [1.54, 1.807) is 15.9 Å². The minimum absolute atomic E-state index is 0.0420. The number of nitrogens with zero attached hydrogens (tertiary/aromatic N) is 5. The van der Waals surface area contributed by atoms with Gasteiger partial charge in [0, 0.05) is 24.4 Å². The molecule has 5 heterocycles. The Morgan fingerprint density at radius 3 is 2.63 bits per heavy atom. The van der Waals surface area contributed by atoms with E-state index in [0.29, 0.717) is 36.4 Å². The van der Waals surface area contributed by atoms with Crippen molar-refractivity contribution in [3.8, 4) is 0 Å². The highest BCUT2D eigenvalue weighted by atomic mass is 32.2. The molecule has 1 amide bonds. The molecule has 6 rings (SSSR count). The third kappa shape index (κ3) is 4.56. The van der Waals surface area contributed by atoms with Crippen LogP contribution in [0.5, 0.6) is 0 Å². The highest BCUT2D eigenvalue weighted by Crippen LogP contribution is 2.38. The average molecular weight is 552 g/mol. The summed E-state index contributed by atoms with van der Waals surface area (Å²) in [4.78, 5) is 31.2. The molecule has 8 nitrogen and oxygen atoms in total. The first-order valence-corrected chi connectivity index (χ1v) is 15.1. The number of amides is 1. The Labute approximate surface area is 230 Å². The van der Waals surface area contributed by atoms with Gasteiger partial charge in [-0.25, -0.2) is 4.40 Å². The summed E-state index contributed by atoms with van der Waals surface area (Å²) in [6.07, 6.45) is 4.09. The average Bonchev–Trinajstić information content (AvgIpc) is 3.52. The second kappa shape index (κ2) is 10.5. The van der Waals surface area contributed by atoms with Gasteiger partial charge in [-0.05, 0) is 43.2 Å². The Balaban J connectivity index is 1.48. The molecule has 2 aliphatic heterocycles. The predicted octanol–water partition coefficient (Wildman–Crippen LogP) is 4.74. The molecule has 1 aromatic carbocycles. The number of ether oxygens (including phenoxy) is 1. The van der Waals surface area contributed by atoms with Crippen molar-refractivity contribution in [3.05, 3.63) is 56.7 Å². The Morgan fingerprint density at radius 2 is 1.89 bits per heavy atom. The first kappa shape index (κ1) is 25.6. The normalized spacial score (nSPS) is 18.8. The monoisotopic (exact) mass is 551 g/mol. The van der Waals surface area contributed by atoms with E-state index in [9.17, 15) is 9.59 Å². The van der Waals surface area contributed by atoms with Crippen molar-refractivity contribution in [2.75, 3.05) is 13.1 Å². The van der Waals surface area contributed by atoms with E-state index in [2.05, 4.69) is 24.0 Å². The highest BCUT2D eigenvalue weighted by Gasteiger charge is 2.31. The quantitative estimate of drug-likeness (QED) is 0.322. The smallest absolute Gasteiger partial charge is 0.264 e. The second-order valence-corrected chi connectivity index (χ2v) is 13.0. The number of thioether (sulfide) groups is 1. The van der Waals surface area contributed by atoms with Gasteiger partial charge in [-0.2, -0.15) is 0 Å². The van der Waals surface area contributed by atoms with Crippen LogP contribution in [0.2, 0.25) is 0 Å². The molecule has 1 saturated heterocycles. The Bertz CT molecular complexity index is 1540. The molecule has 4 aromatic rings. The molecule has 0 spiro atoms. The standard InChI is InChI=1S/C28H33N5O3S2/c1-17(2)21-14-20-22(16-36-21)38-26-23(20)25(35)32(15-19-10-6-4-7-11-19)27-29-30-28(33(26)27)37-18(3)24(34)31-12-8-5-9-13-31/h4,6-7,10-11,17-18,21H,5,8-9,12-16H2,1-3H3/t18-,21+/m1/s1. The van der Waals surface area contributed by atoms with Crippen molar-refractivity contribution in [1.82, 2.24) is 24.1 Å². The molecule has 0 N–H and O–H groups in total. The van der Waals surface area contributed by atoms with E-state index >= 15 is 0 Å². The van der Waals surface area contributed by atoms with Gasteiger partial charge in [0.05, 0.1) is 29.9 Å². The van der Waals surface area contributed by atoms with Gasteiger partial charge in [0.15, 0.2) is 5.16 Å². The van der Waals surface area contributed by atoms with Crippen molar-refractivity contribution >= 4 is 45.0 Å². The molecule has 0 aliphatic carbocycles. The van der Waals surface area contributed by atoms with Gasteiger partial charge in [0.25, 0.3) is 5.56 Å². The Morgan fingerprint density at radius 1 is 1.13 bits per heavy atom. The Hall–Kier alpha value is -2.69. The molecule has 200 valence electrons. The van der Waals surface area contributed by atoms with Crippen LogP contribution < -0.4 is 5.56 Å². The molecular formula is C28H33N5O3S2. The lowest BCUT2D eigenvalue weighted by Gasteiger charge is -2.28. The summed E-state index contributed by atoms with van der Waals surface area (Å²) in [5, 5.41) is 10.1. The highest BCUT2D eigenvalue weighted by molar-refractivity contribution is 8.00. The van der Waals surface area contributed by atoms with Crippen LogP contribution in [0.1, 0.15) is 56.0 Å². The van der Waals surface area contributed by atoms with E-state index in [1.807, 2.05) is 46.6 Å². The van der Waals surface area contributed by atoms with Crippen molar-refractivity contribution in [2.45, 2.75) is 76.1 Å². The molecular weight excluding hydrogens is 518 g/mol. The zero-order valence-corrected chi connectivity index (χ0v) is 23.7. The van der Waals surface area contributed by atoms with Crippen LogP contribution in [-0.2, 0) is 29.1 Å². The third-order valence-electron chi connectivity index (χ3n) is 7.65. The van der Waals surface area contributed by atoms with E-state index < -0.39 is 0 Å². The maximum absolute atomic E-state index is 14.1. The lowest BCUT2D eigenvalue weighted by Crippen LogP contribution is -2.40. The third-order valence-corrected chi connectivity index (χ3v) is 9.87. The first-order valence-electron chi connectivity index (χ1n) is 13.5. The molecule has 0 unspecified atom stereocenters. The van der Waals surface area contributed by atoms with Crippen LogP contribution in [0.15, 0.2) is 40.3 Å². The maximum Gasteiger partial charge on any atom is 0.264 e. The van der Waals surface area contributed by atoms with Gasteiger partial charge in [0.1, 0.15) is 4.83 Å². The van der Waals surface area contributed by atoms with Gasteiger partial charge in [-0.3, -0.25) is 14.2 Å². The first-order chi connectivity index (χ1) is 18.4. The number of carbonyl (C=O) groups excluding carboxylic acids is 1. The van der Waals surface area contributed by atoms with Crippen LogP contribution in [-0.4, -0.2) is 54.4 Å². The number of aromatic nitrogens is 4. The molecule has 0 radical (unpaired) electrons. The predicted molar refractivity (Wildman–Crippen MR) is 151 cm³/mol. The topological polar surface area (TPSA) is 81.7 Å². The summed E-state index contributed by atoms with van der Waals surface area (Å²) in [6, 6.07) is 9.96. The zero-order chi connectivity index (χ0) is 26.4. The summed E-state index contributed by atoms with van der Waals surface area (Å²) >= 11 is 3.02. The van der Waals surface area contributed by atoms with Crippen LogP contribution in [0.25, 0.3) is 16.0 Å². The fourth-order valence-electron chi connectivity index (χ4n) is 5.48. The minimum Gasteiger partial charge on any atom is -0.372 e. The fraction of sp³-hybridized carbons (Fsp3) is 0.500. The van der Waals surface area contributed by atoms with Crippen LogP contribution >= 0.6 is 23.1 Å². The lowest BCUT2D eigenvalue weighted by atomic mass is 9.96. The molecule has 10 heteroatoms. The number of likely N-dealkylation sites (tertiary alicyclic amines) is 1. The number of rotatable bonds is 6. The summed E-state index contributed by atoms with van der Waals surface area (Å²) in [6.45, 7) is 8.81. The molecule has 38 heavy (non-hydrogen) atoms. The number of hydrogen-bond acceptors (Lipinski definition) is 7. The van der Waals surface area contributed by atoms with Crippen LogP contribution in [0.4, 0.5) is 0 Å². The summed E-state index contributed by atoms with van der Waals surface area (Å²) in [5.74, 6) is 1.00. The van der Waals surface area contributed by atoms with Gasteiger partial charge in [-0.1, -0.05) is 55.9 Å². The Kier molecular flexibility index (Phi) is 7.05. The number of piperidine rings is 1. The molecule has 3 aromatic heterocycles. The van der Waals surface area contributed by atoms with Crippen molar-refractivity contribution < 1.29 is 9.53 Å². The van der Waals surface area contributed by atoms with Gasteiger partial charge >= 0.3 is 0 Å². The van der Waals surface area contributed by atoms with Crippen molar-refractivity contribution in [2.24, 2.45) is 5.92 Å². The lowest BCUT2D eigenvalue weighted by molar-refractivity contribution is -0.131. The van der Waals surface area contributed by atoms with Crippen molar-refractivity contribution in [3.63, 3.8) is 0 Å². The number of thiophene rings is 1. The number of fused-ring (bicyclic) bond motifs is 5. The number of benzene rings is 1. The SMILES string of the molecule is CC(C)[C@@H]1Cc2c(sc3c2c(=O)n(Cc2ccccc2)c2nnc(S[C@H](C)C(=O)N4CCCCC4)n32)CO1. The molecule has 0 saturated carbocycles. The fourth-order valence-corrected chi connectivity index (χ4v) is 7.72. The van der Waals surface area contributed by atoms with Gasteiger partial charge in [0.2, 0.25) is 11.7 Å². The summed E-state index contributed by atoms with van der Waals surface area (Å²) < 4.78 is 9.89. The summed E-state index contributed by atoms with van der Waals surface area (Å²) in [7, 11) is 0. The molecule has 1 fully saturated rings. The van der Waals surface area contributed by atoms with Crippen molar-refractivity contribution in [1.29, 1.82) is 0 Å². The van der Waals surface area contributed by atoms with Crippen LogP contribution in [0.3, 0.4) is 0 Å². The van der Waals surface area contributed by atoms with E-state index in [0.717, 1.165) is 52.2 Å². The summed E-state index contributed by atoms with van der Waals surface area (Å²) in [5.41, 5.74) is 2.07. The molecule has 2 aliphatic rings. The van der Waals surface area contributed by atoms with Gasteiger partial charge < -0.3 is 9.64 Å². The van der Waals surface area contributed by atoms with Gasteiger partial charge in [-0.15, -0.1) is 21.5 Å². The number of carbonyl (C=O) groups is 1. The van der Waals surface area contributed by atoms with E-state index in [1.165, 1.54) is 18.2 Å². The minimum atomic E-state index is -0.298. The maximum atomic E-state index is 14.1.